The third kappa shape index (κ3) is 4.03. The molecule has 116 valence electrons. The largest absolute Gasteiger partial charge is 0.573 e. The van der Waals surface area contributed by atoms with Crippen LogP contribution in [0.3, 0.4) is 0 Å². The molecule has 0 aliphatic carbocycles. The van der Waals surface area contributed by atoms with Gasteiger partial charge >= 0.3 is 12.5 Å². The number of carbonyl (C=O) groups is 1. The fourth-order valence-electron chi connectivity index (χ4n) is 2.17. The molecule has 1 atom stereocenters. The van der Waals surface area contributed by atoms with Gasteiger partial charge in [-0.15, -0.1) is 13.2 Å². The smallest absolute Gasteiger partial charge is 0.449 e. The number of hydrogen-bond acceptors (Lipinski definition) is 3. The Kier molecular flexibility index (Phi) is 4.10. The predicted octanol–water partition coefficient (Wildman–Crippen LogP) is 4.15. The highest BCUT2D eigenvalue weighted by molar-refractivity contribution is 9.10. The summed E-state index contributed by atoms with van der Waals surface area (Å²) in [7, 11) is 0. The van der Waals surface area contributed by atoms with Gasteiger partial charge in [0, 0.05) is 9.89 Å². The summed E-state index contributed by atoms with van der Waals surface area (Å²) >= 11 is 3.15. The van der Waals surface area contributed by atoms with Crippen LogP contribution in [0.15, 0.2) is 22.7 Å². The Balaban J connectivity index is 2.36. The quantitative estimate of drug-likeness (QED) is 0.853. The maximum Gasteiger partial charge on any atom is 0.573 e. The highest BCUT2D eigenvalue weighted by Gasteiger charge is 2.38. The summed E-state index contributed by atoms with van der Waals surface area (Å²) in [5.74, 6) is -0.344. The van der Waals surface area contributed by atoms with E-state index in [1.807, 2.05) is 13.8 Å². The summed E-state index contributed by atoms with van der Waals surface area (Å²) in [6.07, 6.45) is -5.37. The minimum atomic E-state index is -4.77. The number of ether oxygens (including phenoxy) is 2. The molecule has 0 unspecified atom stereocenters. The van der Waals surface area contributed by atoms with E-state index in [1.54, 1.807) is 6.07 Å². The molecule has 1 amide bonds. The van der Waals surface area contributed by atoms with Crippen molar-refractivity contribution in [2.45, 2.75) is 26.3 Å². The zero-order chi connectivity index (χ0) is 15.8. The Hall–Kier alpha value is -1.44. The minimum Gasteiger partial charge on any atom is -0.449 e. The van der Waals surface area contributed by atoms with Crippen molar-refractivity contribution < 1.29 is 27.4 Å². The first-order chi connectivity index (χ1) is 9.57. The molecule has 0 bridgehead atoms. The van der Waals surface area contributed by atoms with Gasteiger partial charge < -0.3 is 14.8 Å². The molecule has 1 aromatic rings. The van der Waals surface area contributed by atoms with E-state index in [-0.39, 0.29) is 12.4 Å². The van der Waals surface area contributed by atoms with E-state index in [2.05, 4.69) is 26.0 Å². The van der Waals surface area contributed by atoms with Crippen molar-refractivity contribution in [1.29, 1.82) is 0 Å². The van der Waals surface area contributed by atoms with Crippen molar-refractivity contribution in [2.75, 3.05) is 6.61 Å². The second kappa shape index (κ2) is 5.40. The molecule has 0 spiro atoms. The zero-order valence-corrected chi connectivity index (χ0v) is 12.8. The van der Waals surface area contributed by atoms with E-state index in [0.29, 0.717) is 10.0 Å². The molecular weight excluding hydrogens is 355 g/mol. The van der Waals surface area contributed by atoms with Crippen LogP contribution in [-0.4, -0.2) is 19.1 Å². The van der Waals surface area contributed by atoms with Crippen molar-refractivity contribution in [3.05, 3.63) is 28.2 Å². The van der Waals surface area contributed by atoms with Crippen LogP contribution >= 0.6 is 15.9 Å². The summed E-state index contributed by atoms with van der Waals surface area (Å²) in [6.45, 7) is 3.87. The monoisotopic (exact) mass is 367 g/mol. The van der Waals surface area contributed by atoms with Gasteiger partial charge in [-0.3, -0.25) is 0 Å². The number of benzene rings is 1. The average molecular weight is 368 g/mol. The van der Waals surface area contributed by atoms with Crippen molar-refractivity contribution in [1.82, 2.24) is 5.32 Å². The van der Waals surface area contributed by atoms with Crippen LogP contribution in [0.4, 0.5) is 18.0 Å². The van der Waals surface area contributed by atoms with Gasteiger partial charge in [-0.25, -0.2) is 4.79 Å². The molecule has 0 aromatic heterocycles. The second-order valence-corrected chi connectivity index (χ2v) is 6.33. The molecular formula is C13H13BrF3NO3. The van der Waals surface area contributed by atoms with Gasteiger partial charge in [0.15, 0.2) is 0 Å². The Labute approximate surface area is 127 Å². The van der Waals surface area contributed by atoms with Crippen LogP contribution in [0.1, 0.15) is 25.5 Å². The molecule has 4 nitrogen and oxygen atoms in total. The number of hydrogen-bond donors (Lipinski definition) is 1. The third-order valence-electron chi connectivity index (χ3n) is 3.08. The van der Waals surface area contributed by atoms with E-state index in [9.17, 15) is 18.0 Å². The number of halogens is 4. The molecule has 2 rings (SSSR count). The summed E-state index contributed by atoms with van der Waals surface area (Å²) in [6, 6.07) is 3.63. The normalized spacial score (nSPS) is 21.4. The lowest BCUT2D eigenvalue weighted by Gasteiger charge is -2.38. The number of rotatable bonds is 2. The molecule has 1 aliphatic rings. The zero-order valence-electron chi connectivity index (χ0n) is 11.3. The molecule has 1 N–H and O–H groups in total. The molecule has 21 heavy (non-hydrogen) atoms. The second-order valence-electron chi connectivity index (χ2n) is 5.41. The molecule has 8 heteroatoms. The van der Waals surface area contributed by atoms with Crippen LogP contribution in [0.25, 0.3) is 0 Å². The maximum absolute atomic E-state index is 12.3. The first kappa shape index (κ1) is 15.9. The molecule has 1 fully saturated rings. The summed E-state index contributed by atoms with van der Waals surface area (Å²) in [4.78, 5) is 11.4. The Bertz CT molecular complexity index is 560. The van der Waals surface area contributed by atoms with E-state index in [1.165, 1.54) is 12.1 Å². The highest BCUT2D eigenvalue weighted by Crippen LogP contribution is 2.39. The maximum atomic E-state index is 12.3. The van der Waals surface area contributed by atoms with Crippen LogP contribution < -0.4 is 10.1 Å². The first-order valence-corrected chi connectivity index (χ1v) is 6.86. The van der Waals surface area contributed by atoms with Gasteiger partial charge in [0.25, 0.3) is 0 Å². The number of alkyl carbamates (subject to hydrolysis) is 1. The molecule has 0 radical (unpaired) electrons. The lowest BCUT2D eigenvalue weighted by atomic mass is 9.80. The first-order valence-electron chi connectivity index (χ1n) is 6.06. The Morgan fingerprint density at radius 2 is 2.05 bits per heavy atom. The number of cyclic esters (lactones) is 1. The lowest BCUT2D eigenvalue weighted by Crippen LogP contribution is -2.46. The minimum absolute atomic E-state index is 0.172. The van der Waals surface area contributed by atoms with E-state index in [4.69, 9.17) is 4.74 Å². The molecule has 1 saturated heterocycles. The van der Waals surface area contributed by atoms with E-state index in [0.717, 1.165) is 0 Å². The summed E-state index contributed by atoms with van der Waals surface area (Å²) in [5.41, 5.74) is 0.0368. The Morgan fingerprint density at radius 1 is 1.38 bits per heavy atom. The van der Waals surface area contributed by atoms with Gasteiger partial charge in [0.2, 0.25) is 0 Å². The van der Waals surface area contributed by atoms with Crippen molar-refractivity contribution in [3.8, 4) is 5.75 Å². The van der Waals surface area contributed by atoms with Crippen LogP contribution in [0, 0.1) is 5.41 Å². The fourth-order valence-corrected chi connectivity index (χ4v) is 2.66. The topological polar surface area (TPSA) is 47.6 Å². The fraction of sp³-hybridized carbons (Fsp3) is 0.462. The van der Waals surface area contributed by atoms with E-state index >= 15 is 0 Å². The lowest BCUT2D eigenvalue weighted by molar-refractivity contribution is -0.274. The number of nitrogens with one attached hydrogen (secondary N) is 1. The van der Waals surface area contributed by atoms with Gasteiger partial charge in [0.1, 0.15) is 12.4 Å². The van der Waals surface area contributed by atoms with Crippen molar-refractivity contribution in [3.63, 3.8) is 0 Å². The van der Waals surface area contributed by atoms with Gasteiger partial charge in [-0.1, -0.05) is 29.8 Å². The molecule has 1 heterocycles. The number of alkyl halides is 3. The van der Waals surface area contributed by atoms with E-state index < -0.39 is 23.9 Å². The predicted molar refractivity (Wildman–Crippen MR) is 71.8 cm³/mol. The van der Waals surface area contributed by atoms with Crippen LogP contribution in [-0.2, 0) is 4.74 Å². The molecule has 0 saturated carbocycles. The summed E-state index contributed by atoms with van der Waals surface area (Å²) in [5, 5.41) is 2.62. The SMILES string of the molecule is CC1(C)COC(=O)N[C@@H]1c1cc(Br)cc(OC(F)(F)F)c1. The Morgan fingerprint density at radius 3 is 2.67 bits per heavy atom. The average Bonchev–Trinajstić information content (AvgIpc) is 2.29. The molecule has 1 aromatic carbocycles. The third-order valence-corrected chi connectivity index (χ3v) is 3.54. The van der Waals surface area contributed by atoms with Gasteiger partial charge in [-0.05, 0) is 23.8 Å². The highest BCUT2D eigenvalue weighted by atomic mass is 79.9. The van der Waals surface area contributed by atoms with Gasteiger partial charge in [0.05, 0.1) is 6.04 Å². The standard InChI is InChI=1S/C13H13BrF3NO3/c1-12(2)6-20-11(19)18-10(12)7-3-8(14)5-9(4-7)21-13(15,16)17/h3-5,10H,6H2,1-2H3,(H,18,19)/t10-/m1/s1. The number of carbonyl (C=O) groups excluding carboxylic acids is 1. The van der Waals surface area contributed by atoms with Crippen LogP contribution in [0.5, 0.6) is 5.75 Å². The number of amides is 1. The van der Waals surface area contributed by atoms with Gasteiger partial charge in [-0.2, -0.15) is 0 Å². The molecule has 1 aliphatic heterocycles. The van der Waals surface area contributed by atoms with Crippen molar-refractivity contribution in [2.24, 2.45) is 5.41 Å². The van der Waals surface area contributed by atoms with Crippen molar-refractivity contribution >= 4 is 22.0 Å². The summed E-state index contributed by atoms with van der Waals surface area (Å²) < 4.78 is 46.3. The van der Waals surface area contributed by atoms with Crippen LogP contribution in [0.2, 0.25) is 0 Å².